The Morgan fingerprint density at radius 1 is 1.50 bits per heavy atom. The molecule has 1 heterocycles. The van der Waals surface area contributed by atoms with E-state index in [-0.39, 0.29) is 12.5 Å². The predicted octanol–water partition coefficient (Wildman–Crippen LogP) is 0.529. The van der Waals surface area contributed by atoms with E-state index in [1.165, 1.54) is 18.4 Å². The van der Waals surface area contributed by atoms with Crippen LogP contribution < -0.4 is 16.0 Å². The molecule has 0 spiro atoms. The van der Waals surface area contributed by atoms with Gasteiger partial charge in [0.2, 0.25) is 5.91 Å². The zero-order chi connectivity index (χ0) is 14.4. The van der Waals surface area contributed by atoms with Crippen LogP contribution >= 0.6 is 0 Å². The molecule has 0 aromatic heterocycles. The molecule has 0 saturated heterocycles. The van der Waals surface area contributed by atoms with E-state index in [2.05, 4.69) is 34.5 Å². The summed E-state index contributed by atoms with van der Waals surface area (Å²) < 4.78 is 4.86. The lowest BCUT2D eigenvalue weighted by Crippen LogP contribution is -2.44. The lowest BCUT2D eigenvalue weighted by atomic mass is 10.2. The molecule has 110 valence electrons. The van der Waals surface area contributed by atoms with Crippen LogP contribution in [0.25, 0.3) is 0 Å². The number of carbonyl (C=O) groups is 1. The summed E-state index contributed by atoms with van der Waals surface area (Å²) in [7, 11) is 1.54. The zero-order valence-corrected chi connectivity index (χ0v) is 12.0. The SMILES string of the molecule is COCC(N)C(=O)NCCCN1CCc2ccccc21. The van der Waals surface area contributed by atoms with Crippen LogP contribution in [0.1, 0.15) is 12.0 Å². The minimum Gasteiger partial charge on any atom is -0.383 e. The largest absolute Gasteiger partial charge is 0.383 e. The number of benzene rings is 1. The van der Waals surface area contributed by atoms with E-state index in [1.807, 2.05) is 0 Å². The van der Waals surface area contributed by atoms with Crippen molar-refractivity contribution >= 4 is 11.6 Å². The number of para-hydroxylation sites is 1. The molecule has 2 rings (SSSR count). The van der Waals surface area contributed by atoms with Crippen LogP contribution in [-0.4, -0.2) is 45.3 Å². The second-order valence-electron chi connectivity index (χ2n) is 5.07. The molecule has 5 nitrogen and oxygen atoms in total. The summed E-state index contributed by atoms with van der Waals surface area (Å²) in [6.45, 7) is 2.92. The van der Waals surface area contributed by atoms with Crippen molar-refractivity contribution in [1.29, 1.82) is 0 Å². The summed E-state index contributed by atoms with van der Waals surface area (Å²) in [5.41, 5.74) is 8.39. The van der Waals surface area contributed by atoms with Gasteiger partial charge in [0.25, 0.3) is 0 Å². The fourth-order valence-electron chi connectivity index (χ4n) is 2.51. The summed E-state index contributed by atoms with van der Waals surface area (Å²) in [5, 5.41) is 2.84. The van der Waals surface area contributed by atoms with Crippen LogP contribution in [0.3, 0.4) is 0 Å². The molecular weight excluding hydrogens is 254 g/mol. The minimum atomic E-state index is -0.576. The number of nitrogens with two attached hydrogens (primary N) is 1. The summed E-state index contributed by atoms with van der Waals surface area (Å²) in [5.74, 6) is -0.145. The third-order valence-corrected chi connectivity index (χ3v) is 3.57. The van der Waals surface area contributed by atoms with Crippen LogP contribution in [0, 0.1) is 0 Å². The molecule has 1 aromatic rings. The van der Waals surface area contributed by atoms with Crippen LogP contribution in [-0.2, 0) is 16.0 Å². The Balaban J connectivity index is 1.69. The van der Waals surface area contributed by atoms with Gasteiger partial charge in [-0.25, -0.2) is 0 Å². The Morgan fingerprint density at radius 2 is 2.30 bits per heavy atom. The monoisotopic (exact) mass is 277 g/mol. The average Bonchev–Trinajstić information content (AvgIpc) is 2.87. The van der Waals surface area contributed by atoms with E-state index in [4.69, 9.17) is 10.5 Å². The molecule has 0 aliphatic carbocycles. The zero-order valence-electron chi connectivity index (χ0n) is 12.0. The first kappa shape index (κ1) is 14.8. The van der Waals surface area contributed by atoms with Crippen molar-refractivity contribution in [2.24, 2.45) is 5.73 Å². The smallest absolute Gasteiger partial charge is 0.239 e. The maximum Gasteiger partial charge on any atom is 0.239 e. The van der Waals surface area contributed by atoms with E-state index in [0.29, 0.717) is 6.54 Å². The predicted molar refractivity (Wildman–Crippen MR) is 79.8 cm³/mol. The van der Waals surface area contributed by atoms with Crippen LogP contribution in [0.5, 0.6) is 0 Å². The van der Waals surface area contributed by atoms with Crippen molar-refractivity contribution in [3.8, 4) is 0 Å². The van der Waals surface area contributed by atoms with Gasteiger partial charge in [-0.05, 0) is 24.5 Å². The lowest BCUT2D eigenvalue weighted by Gasteiger charge is -2.19. The minimum absolute atomic E-state index is 0.145. The Bertz CT molecular complexity index is 450. The molecule has 1 amide bonds. The van der Waals surface area contributed by atoms with E-state index in [1.54, 1.807) is 0 Å². The van der Waals surface area contributed by atoms with Crippen molar-refractivity contribution in [2.45, 2.75) is 18.9 Å². The molecule has 1 atom stereocenters. The molecule has 5 heteroatoms. The van der Waals surface area contributed by atoms with Crippen LogP contribution in [0.4, 0.5) is 5.69 Å². The summed E-state index contributed by atoms with van der Waals surface area (Å²) in [6, 6.07) is 7.92. The van der Waals surface area contributed by atoms with Gasteiger partial charge >= 0.3 is 0 Å². The van der Waals surface area contributed by atoms with Gasteiger partial charge in [0, 0.05) is 32.4 Å². The number of rotatable bonds is 7. The lowest BCUT2D eigenvalue weighted by molar-refractivity contribution is -0.123. The summed E-state index contributed by atoms with van der Waals surface area (Å²) >= 11 is 0. The van der Waals surface area contributed by atoms with Gasteiger partial charge in [0.15, 0.2) is 0 Å². The van der Waals surface area contributed by atoms with Gasteiger partial charge in [0.1, 0.15) is 6.04 Å². The normalized spacial score (nSPS) is 15.0. The maximum absolute atomic E-state index is 11.6. The molecule has 1 aliphatic rings. The Labute approximate surface area is 120 Å². The Morgan fingerprint density at radius 3 is 3.10 bits per heavy atom. The Kier molecular flexibility index (Phi) is 5.38. The molecule has 0 fully saturated rings. The van der Waals surface area contributed by atoms with E-state index in [0.717, 1.165) is 25.9 Å². The number of nitrogens with zero attached hydrogens (tertiary/aromatic N) is 1. The fraction of sp³-hybridized carbons (Fsp3) is 0.533. The van der Waals surface area contributed by atoms with Gasteiger partial charge in [-0.3, -0.25) is 4.79 Å². The number of hydrogen-bond donors (Lipinski definition) is 2. The number of methoxy groups -OCH3 is 1. The molecule has 0 radical (unpaired) electrons. The highest BCUT2D eigenvalue weighted by Gasteiger charge is 2.17. The number of ether oxygens (including phenoxy) is 1. The molecular formula is C15H23N3O2. The molecule has 1 aliphatic heterocycles. The number of carbonyl (C=O) groups excluding carboxylic acids is 1. The third-order valence-electron chi connectivity index (χ3n) is 3.57. The first-order valence-corrected chi connectivity index (χ1v) is 7.07. The van der Waals surface area contributed by atoms with Gasteiger partial charge in [0.05, 0.1) is 6.61 Å². The second-order valence-corrected chi connectivity index (χ2v) is 5.07. The number of nitrogens with one attached hydrogen (secondary N) is 1. The maximum atomic E-state index is 11.6. The van der Waals surface area contributed by atoms with Crippen LogP contribution in [0.2, 0.25) is 0 Å². The van der Waals surface area contributed by atoms with E-state index >= 15 is 0 Å². The highest BCUT2D eigenvalue weighted by Crippen LogP contribution is 2.27. The number of amides is 1. The van der Waals surface area contributed by atoms with Crippen molar-refractivity contribution in [3.63, 3.8) is 0 Å². The topological polar surface area (TPSA) is 67.6 Å². The fourth-order valence-corrected chi connectivity index (χ4v) is 2.51. The molecule has 1 aromatic carbocycles. The number of hydrogen-bond acceptors (Lipinski definition) is 4. The van der Waals surface area contributed by atoms with Gasteiger partial charge in [-0.15, -0.1) is 0 Å². The second kappa shape index (κ2) is 7.26. The van der Waals surface area contributed by atoms with Crippen molar-refractivity contribution in [3.05, 3.63) is 29.8 Å². The highest BCUT2D eigenvalue weighted by atomic mass is 16.5. The highest BCUT2D eigenvalue weighted by molar-refractivity contribution is 5.81. The summed E-state index contributed by atoms with van der Waals surface area (Å²) in [4.78, 5) is 14.0. The first-order valence-electron chi connectivity index (χ1n) is 7.07. The van der Waals surface area contributed by atoms with Crippen molar-refractivity contribution < 1.29 is 9.53 Å². The molecule has 3 N–H and O–H groups in total. The first-order chi connectivity index (χ1) is 9.72. The van der Waals surface area contributed by atoms with Gasteiger partial charge in [-0.1, -0.05) is 18.2 Å². The standard InChI is InChI=1S/C15H23N3O2/c1-20-11-13(16)15(19)17-8-4-9-18-10-7-12-5-2-3-6-14(12)18/h2-3,5-6,13H,4,7-11,16H2,1H3,(H,17,19). The molecule has 0 bridgehead atoms. The number of anilines is 1. The van der Waals surface area contributed by atoms with E-state index in [9.17, 15) is 4.79 Å². The average molecular weight is 277 g/mol. The molecule has 0 saturated carbocycles. The Hall–Kier alpha value is -1.59. The summed E-state index contributed by atoms with van der Waals surface area (Å²) in [6.07, 6.45) is 2.03. The third kappa shape index (κ3) is 3.71. The van der Waals surface area contributed by atoms with E-state index < -0.39 is 6.04 Å². The van der Waals surface area contributed by atoms with Gasteiger partial charge in [-0.2, -0.15) is 0 Å². The van der Waals surface area contributed by atoms with Crippen molar-refractivity contribution in [2.75, 3.05) is 38.3 Å². The van der Waals surface area contributed by atoms with Crippen LogP contribution in [0.15, 0.2) is 24.3 Å². The molecule has 20 heavy (non-hydrogen) atoms. The quantitative estimate of drug-likeness (QED) is 0.713. The number of fused-ring (bicyclic) bond motifs is 1. The molecule has 1 unspecified atom stereocenters. The van der Waals surface area contributed by atoms with Crippen molar-refractivity contribution in [1.82, 2.24) is 5.32 Å². The van der Waals surface area contributed by atoms with Gasteiger partial charge < -0.3 is 20.7 Å².